The van der Waals surface area contributed by atoms with Gasteiger partial charge < -0.3 is 9.84 Å². The third kappa shape index (κ3) is 2.05. The van der Waals surface area contributed by atoms with Gasteiger partial charge in [-0.3, -0.25) is 4.79 Å². The predicted octanol–water partition coefficient (Wildman–Crippen LogP) is 1.90. The van der Waals surface area contributed by atoms with Crippen LogP contribution in [0.4, 0.5) is 4.39 Å². The minimum atomic E-state index is -1.23. The van der Waals surface area contributed by atoms with Crippen LogP contribution >= 0.6 is 0 Å². The van der Waals surface area contributed by atoms with Gasteiger partial charge in [0, 0.05) is 5.56 Å². The van der Waals surface area contributed by atoms with E-state index in [4.69, 9.17) is 0 Å². The van der Waals surface area contributed by atoms with Crippen molar-refractivity contribution in [1.82, 2.24) is 0 Å². The lowest BCUT2D eigenvalue weighted by molar-refractivity contribution is -0.163. The molecule has 0 spiro atoms. The van der Waals surface area contributed by atoms with Gasteiger partial charge in [-0.15, -0.1) is 0 Å². The van der Waals surface area contributed by atoms with E-state index in [0.717, 1.165) is 5.56 Å². The van der Waals surface area contributed by atoms with E-state index in [0.29, 0.717) is 0 Å². The topological polar surface area (TPSA) is 46.5 Å². The Kier molecular flexibility index (Phi) is 2.91. The maximum Gasteiger partial charge on any atom is 0.308 e. The van der Waals surface area contributed by atoms with E-state index in [1.54, 1.807) is 19.1 Å². The molecular weight excluding hydrogens is 223 g/mol. The molecular formula is C13H15FO3. The molecule has 1 aliphatic carbocycles. The number of esters is 1. The van der Waals surface area contributed by atoms with Crippen LogP contribution in [0.2, 0.25) is 0 Å². The normalized spacial score (nSPS) is 27.4. The SMILES string of the molecule is COC(=O)C1CC(O)(c2ccc(C)cc2F)C1. The first-order valence-corrected chi connectivity index (χ1v) is 5.53. The Morgan fingerprint density at radius 3 is 2.71 bits per heavy atom. The van der Waals surface area contributed by atoms with Crippen LogP contribution in [-0.4, -0.2) is 18.2 Å². The number of hydrogen-bond acceptors (Lipinski definition) is 3. The number of aryl methyl sites for hydroxylation is 1. The van der Waals surface area contributed by atoms with Crippen molar-refractivity contribution in [2.24, 2.45) is 5.92 Å². The first-order valence-electron chi connectivity index (χ1n) is 5.53. The van der Waals surface area contributed by atoms with E-state index in [1.165, 1.54) is 13.2 Å². The average Bonchev–Trinajstić information content (AvgIpc) is 2.24. The molecule has 0 aliphatic heterocycles. The summed E-state index contributed by atoms with van der Waals surface area (Å²) in [5, 5.41) is 10.2. The van der Waals surface area contributed by atoms with Crippen molar-refractivity contribution in [3.05, 3.63) is 35.1 Å². The lowest BCUT2D eigenvalue weighted by Crippen LogP contribution is -2.45. The molecule has 1 aliphatic rings. The highest BCUT2D eigenvalue weighted by atomic mass is 19.1. The van der Waals surface area contributed by atoms with Crippen molar-refractivity contribution < 1.29 is 19.0 Å². The number of ether oxygens (including phenoxy) is 1. The highest BCUT2D eigenvalue weighted by Gasteiger charge is 2.49. The Morgan fingerprint density at radius 1 is 1.53 bits per heavy atom. The lowest BCUT2D eigenvalue weighted by atomic mass is 9.67. The Morgan fingerprint density at radius 2 is 2.18 bits per heavy atom. The number of aliphatic hydroxyl groups is 1. The number of methoxy groups -OCH3 is 1. The fraction of sp³-hybridized carbons (Fsp3) is 0.462. The molecule has 92 valence electrons. The van der Waals surface area contributed by atoms with E-state index in [2.05, 4.69) is 4.74 Å². The quantitative estimate of drug-likeness (QED) is 0.800. The number of benzene rings is 1. The second-order valence-corrected chi connectivity index (χ2v) is 4.64. The number of carbonyl (C=O) groups excluding carboxylic acids is 1. The average molecular weight is 238 g/mol. The standard InChI is InChI=1S/C13H15FO3/c1-8-3-4-10(11(14)5-8)13(16)6-9(7-13)12(15)17-2/h3-5,9,16H,6-7H2,1-2H3. The predicted molar refractivity (Wildman–Crippen MR) is 59.8 cm³/mol. The van der Waals surface area contributed by atoms with Crippen LogP contribution in [0.5, 0.6) is 0 Å². The summed E-state index contributed by atoms with van der Waals surface area (Å²) in [4.78, 5) is 11.2. The molecule has 3 nitrogen and oxygen atoms in total. The van der Waals surface area contributed by atoms with E-state index < -0.39 is 11.4 Å². The van der Waals surface area contributed by atoms with Crippen molar-refractivity contribution in [1.29, 1.82) is 0 Å². The van der Waals surface area contributed by atoms with Crippen LogP contribution in [0.3, 0.4) is 0 Å². The van der Waals surface area contributed by atoms with E-state index >= 15 is 0 Å². The second kappa shape index (κ2) is 4.11. The van der Waals surface area contributed by atoms with Gasteiger partial charge in [0.25, 0.3) is 0 Å². The van der Waals surface area contributed by atoms with Crippen LogP contribution in [-0.2, 0) is 15.1 Å². The van der Waals surface area contributed by atoms with Gasteiger partial charge in [0.1, 0.15) is 5.82 Å². The van der Waals surface area contributed by atoms with Crippen molar-refractivity contribution in [3.8, 4) is 0 Å². The smallest absolute Gasteiger partial charge is 0.308 e. The molecule has 1 aromatic rings. The molecule has 0 heterocycles. The van der Waals surface area contributed by atoms with Crippen LogP contribution < -0.4 is 0 Å². The Labute approximate surface area is 99.2 Å². The highest BCUT2D eigenvalue weighted by Crippen LogP contribution is 2.46. The van der Waals surface area contributed by atoms with E-state index in [-0.39, 0.29) is 30.3 Å². The fourth-order valence-electron chi connectivity index (χ4n) is 2.31. The maximum absolute atomic E-state index is 13.7. The largest absolute Gasteiger partial charge is 0.469 e. The zero-order chi connectivity index (χ0) is 12.6. The summed E-state index contributed by atoms with van der Waals surface area (Å²) < 4.78 is 18.3. The number of halogens is 1. The summed E-state index contributed by atoms with van der Waals surface area (Å²) in [6.07, 6.45) is 0.444. The lowest BCUT2D eigenvalue weighted by Gasteiger charge is -2.42. The molecule has 4 heteroatoms. The summed E-state index contributed by atoms with van der Waals surface area (Å²) in [5.74, 6) is -1.09. The minimum Gasteiger partial charge on any atom is -0.469 e. The van der Waals surface area contributed by atoms with Crippen LogP contribution in [0.1, 0.15) is 24.0 Å². The molecule has 17 heavy (non-hydrogen) atoms. The summed E-state index contributed by atoms with van der Waals surface area (Å²) in [5.41, 5.74) is -0.154. The molecule has 2 rings (SSSR count). The van der Waals surface area contributed by atoms with Gasteiger partial charge in [0.15, 0.2) is 0 Å². The Balaban J connectivity index is 2.17. The molecule has 1 saturated carbocycles. The molecule has 1 aromatic carbocycles. The molecule has 1 fully saturated rings. The van der Waals surface area contributed by atoms with Gasteiger partial charge >= 0.3 is 5.97 Å². The zero-order valence-corrected chi connectivity index (χ0v) is 9.87. The molecule has 0 aromatic heterocycles. The van der Waals surface area contributed by atoms with Crippen LogP contribution in [0, 0.1) is 18.7 Å². The van der Waals surface area contributed by atoms with Crippen molar-refractivity contribution in [2.75, 3.05) is 7.11 Å². The summed E-state index contributed by atoms with van der Waals surface area (Å²) in [6.45, 7) is 1.79. The van der Waals surface area contributed by atoms with Gasteiger partial charge in [-0.25, -0.2) is 4.39 Å². The molecule has 0 amide bonds. The van der Waals surface area contributed by atoms with Crippen molar-refractivity contribution in [3.63, 3.8) is 0 Å². The Bertz CT molecular complexity index is 450. The van der Waals surface area contributed by atoms with Gasteiger partial charge in [-0.1, -0.05) is 12.1 Å². The number of rotatable bonds is 2. The number of hydrogen-bond donors (Lipinski definition) is 1. The monoisotopic (exact) mass is 238 g/mol. The van der Waals surface area contributed by atoms with Crippen molar-refractivity contribution >= 4 is 5.97 Å². The van der Waals surface area contributed by atoms with Gasteiger partial charge in [0.05, 0.1) is 18.6 Å². The van der Waals surface area contributed by atoms with Gasteiger partial charge in [-0.05, 0) is 31.4 Å². The van der Waals surface area contributed by atoms with E-state index in [9.17, 15) is 14.3 Å². The molecule has 0 bridgehead atoms. The number of carbonyl (C=O) groups is 1. The molecule has 0 atom stereocenters. The van der Waals surface area contributed by atoms with Crippen LogP contribution in [0.25, 0.3) is 0 Å². The van der Waals surface area contributed by atoms with E-state index in [1.807, 2.05) is 0 Å². The summed E-state index contributed by atoms with van der Waals surface area (Å²) in [7, 11) is 1.31. The fourth-order valence-corrected chi connectivity index (χ4v) is 2.31. The summed E-state index contributed by atoms with van der Waals surface area (Å²) >= 11 is 0. The second-order valence-electron chi connectivity index (χ2n) is 4.64. The third-order valence-corrected chi connectivity index (χ3v) is 3.33. The maximum atomic E-state index is 13.7. The minimum absolute atomic E-state index is 0.222. The third-order valence-electron chi connectivity index (χ3n) is 3.33. The first kappa shape index (κ1) is 12.0. The molecule has 0 saturated heterocycles. The highest BCUT2D eigenvalue weighted by molar-refractivity contribution is 5.74. The Hall–Kier alpha value is -1.42. The zero-order valence-electron chi connectivity index (χ0n) is 9.87. The molecule has 1 N–H and O–H groups in total. The van der Waals surface area contributed by atoms with Gasteiger partial charge in [0.2, 0.25) is 0 Å². The molecule has 0 radical (unpaired) electrons. The van der Waals surface area contributed by atoms with Gasteiger partial charge in [-0.2, -0.15) is 0 Å². The van der Waals surface area contributed by atoms with Crippen LogP contribution in [0.15, 0.2) is 18.2 Å². The van der Waals surface area contributed by atoms with Crippen molar-refractivity contribution in [2.45, 2.75) is 25.4 Å². The summed E-state index contributed by atoms with van der Waals surface area (Å²) in [6, 6.07) is 4.72. The first-order chi connectivity index (χ1) is 7.96. The molecule has 0 unspecified atom stereocenters.